The zero-order valence-electron chi connectivity index (χ0n) is 12.6. The van der Waals surface area contributed by atoms with Crippen LogP contribution in [0.25, 0.3) is 0 Å². The third-order valence-corrected chi connectivity index (χ3v) is 5.75. The van der Waals surface area contributed by atoms with Crippen LogP contribution >= 0.6 is 11.3 Å². The van der Waals surface area contributed by atoms with Gasteiger partial charge in [0.15, 0.2) is 0 Å². The molecule has 1 aromatic rings. The van der Waals surface area contributed by atoms with Gasteiger partial charge in [0.05, 0.1) is 6.61 Å². The number of rotatable bonds is 3. The maximum Gasteiger partial charge on any atom is 0.208 e. The van der Waals surface area contributed by atoms with Crippen molar-refractivity contribution in [3.05, 3.63) is 5.01 Å². The maximum atomic E-state index is 5.35. The Morgan fingerprint density at radius 3 is 2.70 bits per heavy atom. The van der Waals surface area contributed by atoms with Gasteiger partial charge < -0.3 is 14.5 Å². The van der Waals surface area contributed by atoms with Gasteiger partial charge >= 0.3 is 0 Å². The van der Waals surface area contributed by atoms with Gasteiger partial charge in [-0.25, -0.2) is 0 Å². The Bertz CT molecular complexity index is 456. The van der Waals surface area contributed by atoms with E-state index in [1.165, 1.54) is 25.8 Å². The highest BCUT2D eigenvalue weighted by molar-refractivity contribution is 7.15. The first-order valence-electron chi connectivity index (χ1n) is 7.36. The Morgan fingerprint density at radius 2 is 2.10 bits per heavy atom. The predicted molar refractivity (Wildman–Crippen MR) is 81.4 cm³/mol. The van der Waals surface area contributed by atoms with Gasteiger partial charge in [0.1, 0.15) is 5.01 Å². The van der Waals surface area contributed by atoms with Crippen LogP contribution in [0.2, 0.25) is 0 Å². The number of aromatic nitrogens is 2. The van der Waals surface area contributed by atoms with Crippen LogP contribution in [-0.2, 0) is 4.74 Å². The van der Waals surface area contributed by atoms with Gasteiger partial charge in [-0.15, -0.1) is 10.2 Å². The van der Waals surface area contributed by atoms with E-state index in [4.69, 9.17) is 4.74 Å². The number of hydrogen-bond donors (Lipinski definition) is 0. The molecule has 0 saturated carbocycles. The molecule has 0 amide bonds. The second kappa shape index (κ2) is 5.58. The van der Waals surface area contributed by atoms with Crippen molar-refractivity contribution in [2.75, 3.05) is 45.3 Å². The van der Waals surface area contributed by atoms with Crippen molar-refractivity contribution in [3.8, 4) is 0 Å². The smallest absolute Gasteiger partial charge is 0.208 e. The summed E-state index contributed by atoms with van der Waals surface area (Å²) in [4.78, 5) is 4.88. The van der Waals surface area contributed by atoms with E-state index in [0.717, 1.165) is 29.8 Å². The van der Waals surface area contributed by atoms with E-state index in [1.807, 2.05) is 6.92 Å². The molecule has 1 atom stereocenters. The third kappa shape index (κ3) is 2.69. The monoisotopic (exact) mass is 296 g/mol. The van der Waals surface area contributed by atoms with E-state index in [-0.39, 0.29) is 0 Å². The van der Waals surface area contributed by atoms with Crippen LogP contribution in [0.15, 0.2) is 0 Å². The van der Waals surface area contributed by atoms with Crippen molar-refractivity contribution < 1.29 is 4.74 Å². The summed E-state index contributed by atoms with van der Waals surface area (Å²) >= 11 is 1.71. The number of piperidine rings is 1. The zero-order valence-corrected chi connectivity index (χ0v) is 13.4. The molecule has 1 spiro atoms. The number of likely N-dealkylation sites (tertiary alicyclic amines) is 1. The summed E-state index contributed by atoms with van der Waals surface area (Å²) in [6, 6.07) is 0.593. The minimum atomic E-state index is 0.494. The van der Waals surface area contributed by atoms with Crippen molar-refractivity contribution in [2.24, 2.45) is 5.41 Å². The molecule has 0 N–H and O–H groups in total. The summed E-state index contributed by atoms with van der Waals surface area (Å²) in [5, 5.41) is 10.6. The number of aryl methyl sites for hydroxylation is 1. The molecule has 2 saturated heterocycles. The topological polar surface area (TPSA) is 41.5 Å². The van der Waals surface area contributed by atoms with Gasteiger partial charge in [-0.2, -0.15) is 0 Å². The van der Waals surface area contributed by atoms with E-state index in [2.05, 4.69) is 27.0 Å². The molecule has 112 valence electrons. The van der Waals surface area contributed by atoms with Gasteiger partial charge in [0, 0.05) is 32.8 Å². The van der Waals surface area contributed by atoms with Crippen molar-refractivity contribution in [1.82, 2.24) is 15.1 Å². The quantitative estimate of drug-likeness (QED) is 0.850. The summed E-state index contributed by atoms with van der Waals surface area (Å²) in [7, 11) is 4.04. The van der Waals surface area contributed by atoms with Gasteiger partial charge in [-0.05, 0) is 38.6 Å². The molecule has 0 aromatic carbocycles. The molecule has 6 heteroatoms. The Morgan fingerprint density at radius 1 is 1.35 bits per heavy atom. The highest BCUT2D eigenvalue weighted by atomic mass is 32.1. The van der Waals surface area contributed by atoms with E-state index in [1.54, 1.807) is 18.4 Å². The molecule has 20 heavy (non-hydrogen) atoms. The number of hydrogen-bond acceptors (Lipinski definition) is 6. The van der Waals surface area contributed by atoms with Crippen LogP contribution in [0.3, 0.4) is 0 Å². The van der Waals surface area contributed by atoms with E-state index in [9.17, 15) is 0 Å². The Balaban J connectivity index is 1.61. The molecule has 2 aliphatic heterocycles. The SMILES string of the molecule is COC[C@H]1CC2(CCN(c3nnc(C)s3)CC2)CN1C. The molecule has 0 bridgehead atoms. The fourth-order valence-electron chi connectivity index (χ4n) is 3.71. The van der Waals surface area contributed by atoms with Crippen molar-refractivity contribution in [2.45, 2.75) is 32.2 Å². The fourth-order valence-corrected chi connectivity index (χ4v) is 4.44. The number of ether oxygens (including phenoxy) is 1. The van der Waals surface area contributed by atoms with Crippen molar-refractivity contribution in [1.29, 1.82) is 0 Å². The molecule has 2 fully saturated rings. The maximum absolute atomic E-state index is 5.35. The lowest BCUT2D eigenvalue weighted by Crippen LogP contribution is -2.41. The highest BCUT2D eigenvalue weighted by Gasteiger charge is 2.44. The summed E-state index contributed by atoms with van der Waals surface area (Å²) in [6.07, 6.45) is 3.80. The summed E-state index contributed by atoms with van der Waals surface area (Å²) in [5.74, 6) is 0. The first-order chi connectivity index (χ1) is 9.62. The molecular weight excluding hydrogens is 272 g/mol. The van der Waals surface area contributed by atoms with Gasteiger partial charge in [0.2, 0.25) is 5.13 Å². The van der Waals surface area contributed by atoms with Gasteiger partial charge in [-0.3, -0.25) is 0 Å². The summed E-state index contributed by atoms with van der Waals surface area (Å²) in [5.41, 5.74) is 0.494. The fraction of sp³-hybridized carbons (Fsp3) is 0.857. The normalized spacial score (nSPS) is 26.6. The first-order valence-corrected chi connectivity index (χ1v) is 8.18. The molecule has 5 nitrogen and oxygen atoms in total. The van der Waals surface area contributed by atoms with Crippen molar-refractivity contribution in [3.63, 3.8) is 0 Å². The molecule has 3 heterocycles. The molecule has 1 aromatic heterocycles. The third-order valence-electron chi connectivity index (χ3n) is 4.85. The number of methoxy groups -OCH3 is 1. The molecule has 2 aliphatic rings. The average Bonchev–Trinajstić information content (AvgIpc) is 2.97. The largest absolute Gasteiger partial charge is 0.383 e. The van der Waals surface area contributed by atoms with E-state index < -0.39 is 0 Å². The van der Waals surface area contributed by atoms with Crippen LogP contribution in [-0.4, -0.2) is 61.5 Å². The second-order valence-corrected chi connectivity index (χ2v) is 7.48. The molecule has 0 aliphatic carbocycles. The average molecular weight is 296 g/mol. The Labute approximate surface area is 124 Å². The minimum absolute atomic E-state index is 0.494. The van der Waals surface area contributed by atoms with Gasteiger partial charge in [-0.1, -0.05) is 11.3 Å². The van der Waals surface area contributed by atoms with Crippen LogP contribution in [0.5, 0.6) is 0 Å². The lowest BCUT2D eigenvalue weighted by atomic mass is 9.77. The highest BCUT2D eigenvalue weighted by Crippen LogP contribution is 2.43. The first kappa shape index (κ1) is 14.2. The molecule has 0 radical (unpaired) electrons. The summed E-state index contributed by atoms with van der Waals surface area (Å²) < 4.78 is 5.35. The van der Waals surface area contributed by atoms with E-state index >= 15 is 0 Å². The zero-order chi connectivity index (χ0) is 14.2. The standard InChI is InChI=1S/C14H24N4OS/c1-11-15-16-13(20-11)18-6-4-14(5-7-18)8-12(9-19-3)17(2)10-14/h12H,4-10H2,1-3H3/t12-/m1/s1. The Hall–Kier alpha value is -0.720. The predicted octanol–water partition coefficient (Wildman–Crippen LogP) is 1.78. The van der Waals surface area contributed by atoms with Crippen molar-refractivity contribution >= 4 is 16.5 Å². The van der Waals surface area contributed by atoms with Crippen LogP contribution in [0.1, 0.15) is 24.3 Å². The second-order valence-electron chi connectivity index (χ2n) is 6.32. The van der Waals surface area contributed by atoms with Gasteiger partial charge in [0.25, 0.3) is 0 Å². The van der Waals surface area contributed by atoms with Crippen LogP contribution < -0.4 is 4.90 Å². The number of likely N-dealkylation sites (N-methyl/N-ethyl adjacent to an activating group) is 1. The van der Waals surface area contributed by atoms with E-state index in [0.29, 0.717) is 11.5 Å². The van der Waals surface area contributed by atoms with Crippen LogP contribution in [0.4, 0.5) is 5.13 Å². The molecular formula is C14H24N4OS. The number of anilines is 1. The summed E-state index contributed by atoms with van der Waals surface area (Å²) in [6.45, 7) is 6.32. The molecule has 3 rings (SSSR count). The number of nitrogens with zero attached hydrogens (tertiary/aromatic N) is 4. The lowest BCUT2D eigenvalue weighted by Gasteiger charge is -2.39. The minimum Gasteiger partial charge on any atom is -0.383 e. The van der Waals surface area contributed by atoms with Crippen LogP contribution in [0, 0.1) is 12.3 Å². The Kier molecular flexibility index (Phi) is 3.97. The lowest BCUT2D eigenvalue weighted by molar-refractivity contribution is 0.129. The molecule has 0 unspecified atom stereocenters.